The van der Waals surface area contributed by atoms with E-state index >= 15 is 0 Å². The van der Waals surface area contributed by atoms with E-state index < -0.39 is 0 Å². The number of halogens is 2. The average Bonchev–Trinajstić information content (AvgIpc) is 2.94. The van der Waals surface area contributed by atoms with Gasteiger partial charge in [-0.25, -0.2) is 4.39 Å². The number of nitrogens with zero attached hydrogens (tertiary/aromatic N) is 3. The summed E-state index contributed by atoms with van der Waals surface area (Å²) in [6.07, 6.45) is 1.68. The van der Waals surface area contributed by atoms with Crippen LogP contribution in [0.1, 0.15) is 0 Å². The number of hydrogen-bond acceptors (Lipinski definition) is 4. The van der Waals surface area contributed by atoms with Crippen molar-refractivity contribution >= 4 is 28.2 Å². The van der Waals surface area contributed by atoms with E-state index in [1.165, 1.54) is 6.20 Å². The topological polar surface area (TPSA) is 28.6 Å². The van der Waals surface area contributed by atoms with Gasteiger partial charge in [-0.1, -0.05) is 11.6 Å². The van der Waals surface area contributed by atoms with E-state index in [1.54, 1.807) is 12.1 Å². The number of morpholine rings is 1. The first-order chi connectivity index (χ1) is 10.6. The first-order valence-corrected chi connectivity index (χ1v) is 7.82. The van der Waals surface area contributed by atoms with Gasteiger partial charge in [-0.2, -0.15) is 0 Å². The lowest BCUT2D eigenvalue weighted by molar-refractivity contribution is -0.0362. The zero-order chi connectivity index (χ0) is 15.3. The highest BCUT2D eigenvalue weighted by Gasteiger charge is 2.39. The molecule has 0 N–H and O–H groups in total. The number of pyridine rings is 1. The Bertz CT molecular complexity index is 726. The van der Waals surface area contributed by atoms with Crippen LogP contribution in [0, 0.1) is 5.82 Å². The van der Waals surface area contributed by atoms with Crippen LogP contribution in [0.5, 0.6) is 0 Å². The summed E-state index contributed by atoms with van der Waals surface area (Å²) in [6, 6.07) is 5.63. The van der Waals surface area contributed by atoms with Crippen LogP contribution >= 0.6 is 11.6 Å². The molecule has 2 aliphatic heterocycles. The monoisotopic (exact) mass is 321 g/mol. The number of anilines is 1. The van der Waals surface area contributed by atoms with E-state index in [9.17, 15) is 4.39 Å². The molecule has 6 heteroatoms. The summed E-state index contributed by atoms with van der Waals surface area (Å²) in [5.74, 6) is -0.304. The highest BCUT2D eigenvalue weighted by molar-refractivity contribution is 6.35. The molecule has 2 saturated heterocycles. The Labute approximate surface area is 133 Å². The molecular formula is C16H17ClFN3O. The summed E-state index contributed by atoms with van der Waals surface area (Å²) in [6.45, 7) is 3.14. The van der Waals surface area contributed by atoms with Crippen LogP contribution < -0.4 is 4.90 Å². The van der Waals surface area contributed by atoms with E-state index in [0.29, 0.717) is 34.2 Å². The predicted octanol–water partition coefficient (Wildman–Crippen LogP) is 2.55. The third kappa shape index (κ3) is 2.16. The fraction of sp³-hybridized carbons (Fsp3) is 0.438. The highest BCUT2D eigenvalue weighted by Crippen LogP contribution is 2.33. The van der Waals surface area contributed by atoms with E-state index in [1.807, 2.05) is 6.07 Å². The van der Waals surface area contributed by atoms with E-state index in [4.69, 9.17) is 16.3 Å². The van der Waals surface area contributed by atoms with Crippen LogP contribution in [-0.2, 0) is 4.74 Å². The summed E-state index contributed by atoms with van der Waals surface area (Å²) in [5.41, 5.74) is 0.905. The molecule has 0 spiro atoms. The third-order valence-electron chi connectivity index (χ3n) is 4.70. The first-order valence-electron chi connectivity index (χ1n) is 7.44. The zero-order valence-electron chi connectivity index (χ0n) is 12.3. The number of ether oxygens (including phenoxy) is 1. The SMILES string of the molecule is CN1CCOC2CN(c3ccc4c(Cl)ccnc4c3F)CC21. The van der Waals surface area contributed by atoms with Crippen LogP contribution in [0.2, 0.25) is 5.02 Å². The quantitative estimate of drug-likeness (QED) is 0.807. The maximum Gasteiger partial charge on any atom is 0.172 e. The summed E-state index contributed by atoms with van der Waals surface area (Å²) in [7, 11) is 2.10. The fourth-order valence-electron chi connectivity index (χ4n) is 3.44. The van der Waals surface area contributed by atoms with Crippen molar-refractivity contribution in [3.05, 3.63) is 35.2 Å². The molecule has 4 nitrogen and oxygen atoms in total. The number of fused-ring (bicyclic) bond motifs is 2. The second-order valence-electron chi connectivity index (χ2n) is 5.95. The lowest BCUT2D eigenvalue weighted by atomic mass is 10.1. The number of aromatic nitrogens is 1. The van der Waals surface area contributed by atoms with Crippen molar-refractivity contribution in [3.8, 4) is 0 Å². The molecule has 0 bridgehead atoms. The molecule has 1 aromatic carbocycles. The van der Waals surface area contributed by atoms with Crippen LogP contribution in [0.15, 0.2) is 24.4 Å². The minimum absolute atomic E-state index is 0.140. The average molecular weight is 322 g/mol. The molecule has 2 unspecified atom stereocenters. The summed E-state index contributed by atoms with van der Waals surface area (Å²) >= 11 is 6.11. The second-order valence-corrected chi connectivity index (χ2v) is 6.36. The van der Waals surface area contributed by atoms with Gasteiger partial charge in [0, 0.05) is 31.2 Å². The molecule has 22 heavy (non-hydrogen) atoms. The van der Waals surface area contributed by atoms with E-state index in [-0.39, 0.29) is 11.9 Å². The number of rotatable bonds is 1. The summed E-state index contributed by atoms with van der Waals surface area (Å²) in [4.78, 5) is 8.50. The Kier molecular flexibility index (Phi) is 3.44. The Morgan fingerprint density at radius 3 is 3.00 bits per heavy atom. The molecule has 2 atom stereocenters. The van der Waals surface area contributed by atoms with E-state index in [0.717, 1.165) is 19.7 Å². The minimum Gasteiger partial charge on any atom is -0.373 e. The Morgan fingerprint density at radius 2 is 2.18 bits per heavy atom. The van der Waals surface area contributed by atoms with Gasteiger partial charge >= 0.3 is 0 Å². The van der Waals surface area contributed by atoms with Gasteiger partial charge in [-0.3, -0.25) is 9.88 Å². The smallest absolute Gasteiger partial charge is 0.172 e. The normalized spacial score (nSPS) is 25.7. The first kappa shape index (κ1) is 14.2. The molecule has 0 amide bonds. The van der Waals surface area contributed by atoms with Gasteiger partial charge < -0.3 is 9.64 Å². The number of hydrogen-bond donors (Lipinski definition) is 0. The van der Waals surface area contributed by atoms with Crippen molar-refractivity contribution < 1.29 is 9.13 Å². The van der Waals surface area contributed by atoms with Crippen molar-refractivity contribution in [2.45, 2.75) is 12.1 Å². The lowest BCUT2D eigenvalue weighted by Gasteiger charge is -2.33. The van der Waals surface area contributed by atoms with Crippen LogP contribution in [0.4, 0.5) is 10.1 Å². The fourth-order valence-corrected chi connectivity index (χ4v) is 3.65. The molecule has 0 saturated carbocycles. The molecule has 0 aliphatic carbocycles. The number of likely N-dealkylation sites (N-methyl/N-ethyl adjacent to an activating group) is 1. The summed E-state index contributed by atoms with van der Waals surface area (Å²) < 4.78 is 20.7. The van der Waals surface area contributed by atoms with Gasteiger partial charge in [0.15, 0.2) is 5.82 Å². The van der Waals surface area contributed by atoms with Crippen molar-refractivity contribution in [1.29, 1.82) is 0 Å². The van der Waals surface area contributed by atoms with Gasteiger partial charge in [-0.05, 0) is 25.2 Å². The van der Waals surface area contributed by atoms with Crippen LogP contribution in [0.25, 0.3) is 10.9 Å². The molecule has 3 heterocycles. The van der Waals surface area contributed by atoms with Gasteiger partial charge in [0.05, 0.1) is 29.5 Å². The molecule has 2 fully saturated rings. The van der Waals surface area contributed by atoms with Crippen LogP contribution in [0.3, 0.4) is 0 Å². The minimum atomic E-state index is -0.304. The van der Waals surface area contributed by atoms with Crippen molar-refractivity contribution in [1.82, 2.24) is 9.88 Å². The molecule has 2 aliphatic rings. The molecule has 2 aromatic rings. The van der Waals surface area contributed by atoms with Crippen molar-refractivity contribution in [2.24, 2.45) is 0 Å². The van der Waals surface area contributed by atoms with E-state index in [2.05, 4.69) is 21.8 Å². The van der Waals surface area contributed by atoms with Gasteiger partial charge in [0.25, 0.3) is 0 Å². The standard InChI is InChI=1S/C16H17ClFN3O/c1-20-6-7-22-14-9-21(8-13(14)20)12-3-2-10-11(17)4-5-19-16(10)15(12)18/h2-5,13-14H,6-9H2,1H3. The Morgan fingerprint density at radius 1 is 1.32 bits per heavy atom. The maximum absolute atomic E-state index is 14.9. The zero-order valence-corrected chi connectivity index (χ0v) is 13.1. The molecule has 0 radical (unpaired) electrons. The third-order valence-corrected chi connectivity index (χ3v) is 5.03. The number of benzene rings is 1. The predicted molar refractivity (Wildman–Crippen MR) is 85.1 cm³/mol. The highest BCUT2D eigenvalue weighted by atomic mass is 35.5. The summed E-state index contributed by atoms with van der Waals surface area (Å²) in [5, 5.41) is 1.17. The van der Waals surface area contributed by atoms with Crippen LogP contribution in [-0.4, -0.2) is 55.3 Å². The molecule has 116 valence electrons. The van der Waals surface area contributed by atoms with Gasteiger partial charge in [0.2, 0.25) is 0 Å². The molecule has 1 aromatic heterocycles. The van der Waals surface area contributed by atoms with Crippen molar-refractivity contribution in [2.75, 3.05) is 38.2 Å². The largest absolute Gasteiger partial charge is 0.373 e. The second kappa shape index (κ2) is 5.33. The molecular weight excluding hydrogens is 305 g/mol. The Hall–Kier alpha value is -1.43. The maximum atomic E-state index is 14.9. The van der Waals surface area contributed by atoms with Crippen molar-refractivity contribution in [3.63, 3.8) is 0 Å². The lowest BCUT2D eigenvalue weighted by Crippen LogP contribution is -2.48. The molecule has 4 rings (SSSR count). The van der Waals surface area contributed by atoms with Gasteiger partial charge in [-0.15, -0.1) is 0 Å². The Balaban J connectivity index is 1.72. The van der Waals surface area contributed by atoms with Gasteiger partial charge in [0.1, 0.15) is 5.52 Å².